The molecule has 1 aromatic carbocycles. The average molecular weight is 238 g/mol. The van der Waals surface area contributed by atoms with Crippen molar-refractivity contribution in [1.29, 1.82) is 0 Å². The Morgan fingerprint density at radius 3 is 2.53 bits per heavy atom. The van der Waals surface area contributed by atoms with Crippen molar-refractivity contribution < 1.29 is 19.0 Å². The Labute approximate surface area is 101 Å². The van der Waals surface area contributed by atoms with Crippen molar-refractivity contribution in [3.63, 3.8) is 0 Å². The fraction of sp³-hybridized carbons (Fsp3) is 0.462. The number of carbonyl (C=O) groups excluding carboxylic acids is 1. The van der Waals surface area contributed by atoms with E-state index in [4.69, 9.17) is 9.47 Å². The molecule has 0 amide bonds. The number of hydrogen-bond acceptors (Lipinski definition) is 4. The topological polar surface area (TPSA) is 44.8 Å². The molecule has 0 bridgehead atoms. The summed E-state index contributed by atoms with van der Waals surface area (Å²) in [6, 6.07) is 5.47. The fourth-order valence-electron chi connectivity index (χ4n) is 1.51. The highest BCUT2D eigenvalue weighted by molar-refractivity contribution is 5.74. The van der Waals surface area contributed by atoms with Crippen LogP contribution in [0.25, 0.3) is 0 Å². The van der Waals surface area contributed by atoms with Gasteiger partial charge in [-0.1, -0.05) is 12.1 Å². The molecule has 0 aliphatic heterocycles. The van der Waals surface area contributed by atoms with Gasteiger partial charge in [0.25, 0.3) is 0 Å². The third-order valence-corrected chi connectivity index (χ3v) is 2.19. The van der Waals surface area contributed by atoms with Crippen molar-refractivity contribution >= 4 is 5.97 Å². The number of hydrogen-bond donors (Lipinski definition) is 0. The Hall–Kier alpha value is -1.71. The zero-order valence-electron chi connectivity index (χ0n) is 10.6. The van der Waals surface area contributed by atoms with Crippen molar-refractivity contribution in [1.82, 2.24) is 0 Å². The third kappa shape index (κ3) is 3.66. The molecule has 0 fully saturated rings. The number of methoxy groups -OCH3 is 2. The molecule has 0 aliphatic carbocycles. The average Bonchev–Trinajstić information content (AvgIpc) is 2.28. The van der Waals surface area contributed by atoms with Gasteiger partial charge in [-0.25, -0.2) is 0 Å². The highest BCUT2D eigenvalue weighted by atomic mass is 16.5. The van der Waals surface area contributed by atoms with Crippen molar-refractivity contribution in [3.8, 4) is 11.5 Å². The van der Waals surface area contributed by atoms with Gasteiger partial charge in [0.2, 0.25) is 0 Å². The summed E-state index contributed by atoms with van der Waals surface area (Å²) in [6.07, 6.45) is 0.229. The number of ether oxygens (including phenoxy) is 3. The molecule has 94 valence electrons. The molecule has 0 atom stereocenters. The molecule has 0 unspecified atom stereocenters. The smallest absolute Gasteiger partial charge is 0.310 e. The second-order valence-corrected chi connectivity index (χ2v) is 3.87. The Bertz CT molecular complexity index is 385. The van der Waals surface area contributed by atoms with E-state index in [-0.39, 0.29) is 18.5 Å². The second kappa shape index (κ2) is 6.13. The molecule has 0 saturated carbocycles. The van der Waals surface area contributed by atoms with Crippen LogP contribution in [0.4, 0.5) is 0 Å². The van der Waals surface area contributed by atoms with Crippen LogP contribution in [0.3, 0.4) is 0 Å². The van der Waals surface area contributed by atoms with Crippen LogP contribution >= 0.6 is 0 Å². The first-order chi connectivity index (χ1) is 8.08. The maximum atomic E-state index is 11.3. The number of benzene rings is 1. The summed E-state index contributed by atoms with van der Waals surface area (Å²) in [5, 5.41) is 0. The molecule has 0 aliphatic rings. The van der Waals surface area contributed by atoms with Gasteiger partial charge in [0, 0.05) is 5.56 Å². The first kappa shape index (κ1) is 13.4. The van der Waals surface area contributed by atoms with E-state index in [1.807, 2.05) is 32.0 Å². The quantitative estimate of drug-likeness (QED) is 0.738. The molecular weight excluding hydrogens is 220 g/mol. The van der Waals surface area contributed by atoms with Crippen LogP contribution < -0.4 is 9.47 Å². The van der Waals surface area contributed by atoms with Crippen molar-refractivity contribution in [3.05, 3.63) is 23.8 Å². The Balaban J connectivity index is 3.00. The maximum absolute atomic E-state index is 11.3. The van der Waals surface area contributed by atoms with Gasteiger partial charge in [-0.05, 0) is 19.9 Å². The predicted molar refractivity (Wildman–Crippen MR) is 64.5 cm³/mol. The van der Waals surface area contributed by atoms with Gasteiger partial charge in [0.15, 0.2) is 11.5 Å². The molecule has 0 spiro atoms. The van der Waals surface area contributed by atoms with Crippen LogP contribution in [0.15, 0.2) is 18.2 Å². The SMILES string of the molecule is COC(=O)Cc1cccc(OC(C)C)c1OC. The van der Waals surface area contributed by atoms with Gasteiger partial charge in [-0.3, -0.25) is 4.79 Å². The van der Waals surface area contributed by atoms with Crippen molar-refractivity contribution in [2.24, 2.45) is 0 Å². The van der Waals surface area contributed by atoms with Gasteiger partial charge in [0.1, 0.15) is 0 Å². The summed E-state index contributed by atoms with van der Waals surface area (Å²) in [5.74, 6) is 0.931. The minimum absolute atomic E-state index is 0.0530. The number of rotatable bonds is 5. The minimum Gasteiger partial charge on any atom is -0.493 e. The summed E-state index contributed by atoms with van der Waals surface area (Å²) >= 11 is 0. The standard InChI is InChI=1S/C13H18O4/c1-9(2)17-11-7-5-6-10(13(11)16-4)8-12(14)15-3/h5-7,9H,8H2,1-4H3. The lowest BCUT2D eigenvalue weighted by Crippen LogP contribution is -2.09. The number of carbonyl (C=O) groups is 1. The molecular formula is C13H18O4. The molecule has 4 heteroatoms. The molecule has 4 nitrogen and oxygen atoms in total. The monoisotopic (exact) mass is 238 g/mol. The lowest BCUT2D eigenvalue weighted by molar-refractivity contribution is -0.139. The lowest BCUT2D eigenvalue weighted by atomic mass is 10.1. The molecule has 0 aromatic heterocycles. The molecule has 17 heavy (non-hydrogen) atoms. The Morgan fingerprint density at radius 1 is 1.29 bits per heavy atom. The normalized spacial score (nSPS) is 10.2. The predicted octanol–water partition coefficient (Wildman–Crippen LogP) is 2.20. The van der Waals surface area contributed by atoms with E-state index in [1.165, 1.54) is 7.11 Å². The minimum atomic E-state index is -0.301. The van der Waals surface area contributed by atoms with Crippen molar-refractivity contribution in [2.75, 3.05) is 14.2 Å². The molecule has 0 heterocycles. The van der Waals surface area contributed by atoms with Gasteiger partial charge >= 0.3 is 5.97 Å². The first-order valence-electron chi connectivity index (χ1n) is 5.47. The second-order valence-electron chi connectivity index (χ2n) is 3.87. The Kier molecular flexibility index (Phi) is 4.82. The highest BCUT2D eigenvalue weighted by Gasteiger charge is 2.14. The van der Waals surface area contributed by atoms with E-state index in [0.29, 0.717) is 11.5 Å². The van der Waals surface area contributed by atoms with Gasteiger partial charge in [-0.2, -0.15) is 0 Å². The molecule has 0 saturated heterocycles. The van der Waals surface area contributed by atoms with Crippen LogP contribution in [0.5, 0.6) is 11.5 Å². The first-order valence-corrected chi connectivity index (χ1v) is 5.47. The van der Waals surface area contributed by atoms with Gasteiger partial charge in [-0.15, -0.1) is 0 Å². The summed E-state index contributed by atoms with van der Waals surface area (Å²) in [7, 11) is 2.92. The van der Waals surface area contributed by atoms with Gasteiger partial charge in [0.05, 0.1) is 26.7 Å². The molecule has 0 N–H and O–H groups in total. The van der Waals surface area contributed by atoms with Crippen LogP contribution in [-0.4, -0.2) is 26.3 Å². The van der Waals surface area contributed by atoms with Gasteiger partial charge < -0.3 is 14.2 Å². The molecule has 1 rings (SSSR count). The largest absolute Gasteiger partial charge is 0.493 e. The van der Waals surface area contributed by atoms with Crippen LogP contribution in [0.2, 0.25) is 0 Å². The highest BCUT2D eigenvalue weighted by Crippen LogP contribution is 2.32. The Morgan fingerprint density at radius 2 is 2.00 bits per heavy atom. The van der Waals surface area contributed by atoms with Crippen molar-refractivity contribution in [2.45, 2.75) is 26.4 Å². The maximum Gasteiger partial charge on any atom is 0.310 e. The molecule has 1 aromatic rings. The van der Waals surface area contributed by atoms with Crippen LogP contribution in [0.1, 0.15) is 19.4 Å². The van der Waals surface area contributed by atoms with E-state index in [1.54, 1.807) is 7.11 Å². The summed E-state index contributed by atoms with van der Waals surface area (Å²) in [5.41, 5.74) is 0.762. The summed E-state index contributed by atoms with van der Waals surface area (Å²) in [6.45, 7) is 3.87. The summed E-state index contributed by atoms with van der Waals surface area (Å²) in [4.78, 5) is 11.3. The zero-order chi connectivity index (χ0) is 12.8. The summed E-state index contributed by atoms with van der Waals surface area (Å²) < 4.78 is 15.5. The van der Waals surface area contributed by atoms with E-state index in [9.17, 15) is 4.79 Å². The van der Waals surface area contributed by atoms with Crippen LogP contribution in [0, 0.1) is 0 Å². The van der Waals surface area contributed by atoms with E-state index in [2.05, 4.69) is 4.74 Å². The zero-order valence-corrected chi connectivity index (χ0v) is 10.6. The number of esters is 1. The fourth-order valence-corrected chi connectivity index (χ4v) is 1.51. The number of para-hydroxylation sites is 1. The van der Waals surface area contributed by atoms with Crippen LogP contribution in [-0.2, 0) is 16.0 Å². The van der Waals surface area contributed by atoms with E-state index >= 15 is 0 Å². The third-order valence-electron chi connectivity index (χ3n) is 2.19. The van der Waals surface area contributed by atoms with E-state index in [0.717, 1.165) is 5.56 Å². The van der Waals surface area contributed by atoms with E-state index < -0.39 is 0 Å². The molecule has 0 radical (unpaired) electrons. The lowest BCUT2D eigenvalue weighted by Gasteiger charge is -2.15.